The van der Waals surface area contributed by atoms with Gasteiger partial charge in [0.05, 0.1) is 20.8 Å². The van der Waals surface area contributed by atoms with Crippen molar-refractivity contribution in [1.29, 1.82) is 0 Å². The fourth-order valence-electron chi connectivity index (χ4n) is 2.16. The highest BCUT2D eigenvalue weighted by Crippen LogP contribution is 2.27. The minimum atomic E-state index is -0.178. The second-order valence-corrected chi connectivity index (χ2v) is 5.40. The zero-order valence-electron chi connectivity index (χ0n) is 14.7. The van der Waals surface area contributed by atoms with Gasteiger partial charge < -0.3 is 19.5 Å². The number of rotatable bonds is 8. The van der Waals surface area contributed by atoms with E-state index in [2.05, 4.69) is 5.32 Å². The van der Waals surface area contributed by atoms with Crippen molar-refractivity contribution in [2.24, 2.45) is 0 Å². The summed E-state index contributed by atoms with van der Waals surface area (Å²) in [6.45, 7) is 2.87. The average molecular weight is 341 g/mol. The summed E-state index contributed by atoms with van der Waals surface area (Å²) < 4.78 is 16.0. The maximum Gasteiger partial charge on any atom is 0.244 e. The molecule has 0 unspecified atom stereocenters. The van der Waals surface area contributed by atoms with Gasteiger partial charge in [0, 0.05) is 6.08 Å². The van der Waals surface area contributed by atoms with Gasteiger partial charge in [-0.3, -0.25) is 4.79 Å². The van der Waals surface area contributed by atoms with Gasteiger partial charge in [-0.15, -0.1) is 0 Å². The van der Waals surface area contributed by atoms with E-state index in [-0.39, 0.29) is 5.91 Å². The van der Waals surface area contributed by atoms with Gasteiger partial charge in [0.15, 0.2) is 11.5 Å². The largest absolute Gasteiger partial charge is 0.493 e. The molecule has 0 aromatic heterocycles. The van der Waals surface area contributed by atoms with E-state index in [1.54, 1.807) is 26.4 Å². The number of methoxy groups -OCH3 is 2. The highest BCUT2D eigenvalue weighted by molar-refractivity contribution is 5.91. The molecule has 0 heterocycles. The number of hydrogen-bond acceptors (Lipinski definition) is 4. The monoisotopic (exact) mass is 341 g/mol. The Morgan fingerprint density at radius 1 is 1.04 bits per heavy atom. The maximum absolute atomic E-state index is 11.8. The molecule has 2 aromatic carbocycles. The predicted molar refractivity (Wildman–Crippen MR) is 98.3 cm³/mol. The van der Waals surface area contributed by atoms with Crippen molar-refractivity contribution in [3.8, 4) is 17.2 Å². The third kappa shape index (κ3) is 5.88. The summed E-state index contributed by atoms with van der Waals surface area (Å²) in [6.07, 6.45) is 3.20. The van der Waals surface area contributed by atoms with E-state index < -0.39 is 0 Å². The third-order valence-corrected chi connectivity index (χ3v) is 3.53. The number of aryl methyl sites for hydroxylation is 1. The van der Waals surface area contributed by atoms with Crippen LogP contribution in [0.4, 0.5) is 0 Å². The molecule has 0 bridgehead atoms. The van der Waals surface area contributed by atoms with Gasteiger partial charge >= 0.3 is 0 Å². The molecule has 0 aliphatic carbocycles. The number of amides is 1. The Kier molecular flexibility index (Phi) is 6.89. The SMILES string of the molecule is COc1ccc(C=CC(=O)NCCOc2ccc(C)cc2)cc1OC. The lowest BCUT2D eigenvalue weighted by atomic mass is 10.2. The summed E-state index contributed by atoms with van der Waals surface area (Å²) >= 11 is 0. The summed E-state index contributed by atoms with van der Waals surface area (Å²) in [5.41, 5.74) is 2.03. The van der Waals surface area contributed by atoms with Crippen LogP contribution < -0.4 is 19.5 Å². The standard InChI is InChI=1S/C20H23NO4/c1-15-4-8-17(9-5-15)25-13-12-21-20(22)11-7-16-6-10-18(23-2)19(14-16)24-3/h4-11,14H,12-13H2,1-3H3,(H,21,22). The molecule has 1 amide bonds. The fraction of sp³-hybridized carbons (Fsp3) is 0.250. The molecule has 0 saturated heterocycles. The molecule has 0 aliphatic heterocycles. The Morgan fingerprint density at radius 2 is 1.76 bits per heavy atom. The Bertz CT molecular complexity index is 723. The first-order chi connectivity index (χ1) is 12.1. The predicted octanol–water partition coefficient (Wildman–Crippen LogP) is 3.22. The van der Waals surface area contributed by atoms with Gasteiger partial charge in [-0.1, -0.05) is 23.8 Å². The fourth-order valence-corrected chi connectivity index (χ4v) is 2.16. The van der Waals surface area contributed by atoms with Gasteiger partial charge in [-0.25, -0.2) is 0 Å². The average Bonchev–Trinajstić information content (AvgIpc) is 2.64. The van der Waals surface area contributed by atoms with Crippen molar-refractivity contribution in [2.45, 2.75) is 6.92 Å². The molecular formula is C20H23NO4. The molecular weight excluding hydrogens is 318 g/mol. The van der Waals surface area contributed by atoms with Crippen LogP contribution in [0.5, 0.6) is 17.2 Å². The summed E-state index contributed by atoms with van der Waals surface area (Å²) in [6, 6.07) is 13.3. The van der Waals surface area contributed by atoms with Crippen LogP contribution in [0.3, 0.4) is 0 Å². The lowest BCUT2D eigenvalue weighted by Gasteiger charge is -2.08. The molecule has 5 heteroatoms. The van der Waals surface area contributed by atoms with Crippen molar-refractivity contribution < 1.29 is 19.0 Å². The summed E-state index contributed by atoms with van der Waals surface area (Å²) in [7, 11) is 3.16. The quantitative estimate of drug-likeness (QED) is 0.592. The second-order valence-electron chi connectivity index (χ2n) is 5.40. The Morgan fingerprint density at radius 3 is 2.44 bits per heavy atom. The van der Waals surface area contributed by atoms with E-state index in [4.69, 9.17) is 14.2 Å². The minimum absolute atomic E-state index is 0.178. The molecule has 5 nitrogen and oxygen atoms in total. The Labute approximate surface area is 148 Å². The van der Waals surface area contributed by atoms with Crippen LogP contribution in [-0.4, -0.2) is 33.3 Å². The van der Waals surface area contributed by atoms with Crippen LogP contribution >= 0.6 is 0 Å². The zero-order valence-corrected chi connectivity index (χ0v) is 14.7. The van der Waals surface area contributed by atoms with Gasteiger partial charge in [0.2, 0.25) is 5.91 Å². The lowest BCUT2D eigenvalue weighted by molar-refractivity contribution is -0.116. The highest BCUT2D eigenvalue weighted by atomic mass is 16.5. The maximum atomic E-state index is 11.8. The second kappa shape index (κ2) is 9.37. The van der Waals surface area contributed by atoms with E-state index >= 15 is 0 Å². The Hall–Kier alpha value is -2.95. The van der Waals surface area contributed by atoms with Crippen LogP contribution in [-0.2, 0) is 4.79 Å². The smallest absolute Gasteiger partial charge is 0.244 e. The lowest BCUT2D eigenvalue weighted by Crippen LogP contribution is -2.26. The molecule has 0 aliphatic rings. The molecule has 2 rings (SSSR count). The van der Waals surface area contributed by atoms with Crippen molar-refractivity contribution in [3.05, 3.63) is 59.7 Å². The van der Waals surface area contributed by atoms with Gasteiger partial charge in [0.25, 0.3) is 0 Å². The molecule has 132 valence electrons. The number of ether oxygens (including phenoxy) is 3. The van der Waals surface area contributed by atoms with E-state index in [9.17, 15) is 4.79 Å². The van der Waals surface area contributed by atoms with E-state index in [1.807, 2.05) is 43.3 Å². The van der Waals surface area contributed by atoms with E-state index in [1.165, 1.54) is 11.6 Å². The van der Waals surface area contributed by atoms with Crippen molar-refractivity contribution in [1.82, 2.24) is 5.32 Å². The first-order valence-corrected chi connectivity index (χ1v) is 8.00. The van der Waals surface area contributed by atoms with Crippen molar-refractivity contribution >= 4 is 12.0 Å². The van der Waals surface area contributed by atoms with Crippen LogP contribution in [0.15, 0.2) is 48.5 Å². The van der Waals surface area contributed by atoms with Crippen LogP contribution in [0, 0.1) is 6.92 Å². The third-order valence-electron chi connectivity index (χ3n) is 3.53. The molecule has 2 aromatic rings. The summed E-state index contributed by atoms with van der Waals surface area (Å²) in [5, 5.41) is 2.78. The summed E-state index contributed by atoms with van der Waals surface area (Å²) in [5.74, 6) is 1.89. The first-order valence-electron chi connectivity index (χ1n) is 8.00. The van der Waals surface area contributed by atoms with Crippen LogP contribution in [0.25, 0.3) is 6.08 Å². The topological polar surface area (TPSA) is 56.8 Å². The number of carbonyl (C=O) groups excluding carboxylic acids is 1. The van der Waals surface area contributed by atoms with Crippen LogP contribution in [0.1, 0.15) is 11.1 Å². The normalized spacial score (nSPS) is 10.5. The number of benzene rings is 2. The Balaban J connectivity index is 1.77. The van der Waals surface area contributed by atoms with E-state index in [0.29, 0.717) is 24.7 Å². The molecule has 0 radical (unpaired) electrons. The highest BCUT2D eigenvalue weighted by Gasteiger charge is 2.03. The zero-order chi connectivity index (χ0) is 18.1. The summed E-state index contributed by atoms with van der Waals surface area (Å²) in [4.78, 5) is 11.8. The van der Waals surface area contributed by atoms with Crippen molar-refractivity contribution in [3.63, 3.8) is 0 Å². The van der Waals surface area contributed by atoms with Gasteiger partial charge in [-0.05, 0) is 42.8 Å². The van der Waals surface area contributed by atoms with Gasteiger partial charge in [-0.2, -0.15) is 0 Å². The number of carbonyl (C=O) groups is 1. The van der Waals surface area contributed by atoms with E-state index in [0.717, 1.165) is 11.3 Å². The molecule has 0 fully saturated rings. The van der Waals surface area contributed by atoms with Crippen molar-refractivity contribution in [2.75, 3.05) is 27.4 Å². The van der Waals surface area contributed by atoms with Crippen LogP contribution in [0.2, 0.25) is 0 Å². The molecule has 0 saturated carbocycles. The first kappa shape index (κ1) is 18.4. The molecule has 1 N–H and O–H groups in total. The van der Waals surface area contributed by atoms with Gasteiger partial charge in [0.1, 0.15) is 12.4 Å². The molecule has 25 heavy (non-hydrogen) atoms. The molecule has 0 spiro atoms. The number of hydrogen-bond donors (Lipinski definition) is 1. The minimum Gasteiger partial charge on any atom is -0.493 e. The number of nitrogens with one attached hydrogen (secondary N) is 1. The molecule has 0 atom stereocenters.